The van der Waals surface area contributed by atoms with Gasteiger partial charge in [0.2, 0.25) is 23.6 Å². The number of hydrogen-bond donors (Lipinski definition) is 4. The Kier molecular flexibility index (Phi) is 12.5. The van der Waals surface area contributed by atoms with Gasteiger partial charge in [0.05, 0.1) is 24.4 Å². The number of anilines is 2. The fourth-order valence-corrected chi connectivity index (χ4v) is 7.65. The van der Waals surface area contributed by atoms with Gasteiger partial charge in [-0.15, -0.1) is 11.3 Å². The predicted molar refractivity (Wildman–Crippen MR) is 200 cm³/mol. The van der Waals surface area contributed by atoms with E-state index in [1.807, 2.05) is 52.0 Å². The third-order valence-corrected chi connectivity index (χ3v) is 10.6. The van der Waals surface area contributed by atoms with Gasteiger partial charge in [0.25, 0.3) is 0 Å². The van der Waals surface area contributed by atoms with Gasteiger partial charge >= 0.3 is 12.2 Å². The lowest BCUT2D eigenvalue weighted by molar-refractivity contribution is -0.139. The Morgan fingerprint density at radius 2 is 1.19 bits per heavy atom. The number of methoxy groups -OCH3 is 2. The molecule has 3 aromatic rings. The van der Waals surface area contributed by atoms with Crippen molar-refractivity contribution in [1.29, 1.82) is 0 Å². The molecule has 1 aromatic heterocycles. The topological polar surface area (TPSA) is 188 Å². The molecule has 0 bridgehead atoms. The van der Waals surface area contributed by atoms with E-state index in [4.69, 9.17) is 4.98 Å². The average molecular weight is 750 g/mol. The van der Waals surface area contributed by atoms with Gasteiger partial charge in [-0.05, 0) is 80.0 Å². The molecule has 4 N–H and O–H groups in total. The van der Waals surface area contributed by atoms with E-state index in [9.17, 15) is 28.8 Å². The maximum absolute atomic E-state index is 13.4. The number of ether oxygens (including phenoxy) is 2. The number of fused-ring (bicyclic) bond motifs is 1. The molecule has 5 rings (SSSR count). The summed E-state index contributed by atoms with van der Waals surface area (Å²) in [5, 5.41) is 11.8. The molecule has 53 heavy (non-hydrogen) atoms. The second kappa shape index (κ2) is 17.1. The summed E-state index contributed by atoms with van der Waals surface area (Å²) in [4.78, 5) is 85.0. The molecular formula is C37H47N7O8S. The van der Waals surface area contributed by atoms with E-state index in [0.29, 0.717) is 50.1 Å². The SMILES string of the molecule is COC(=O)NC(C(=O)N1CCCC1C(=O)Nc1ccc(-c2nc3ccc(NC(=O)C4CCCN4C(=O)C(NC(=O)OC)C(C)C)cc3s2)cc1)C(C)C. The second-order valence-corrected chi connectivity index (χ2v) is 14.9. The van der Waals surface area contributed by atoms with E-state index in [2.05, 4.69) is 30.7 Å². The molecule has 0 radical (unpaired) electrons. The van der Waals surface area contributed by atoms with Crippen LogP contribution in [0.1, 0.15) is 53.4 Å². The van der Waals surface area contributed by atoms with Crippen LogP contribution in [0.4, 0.5) is 21.0 Å². The van der Waals surface area contributed by atoms with Gasteiger partial charge in [-0.25, -0.2) is 14.6 Å². The molecule has 2 fully saturated rings. The van der Waals surface area contributed by atoms with Crippen molar-refractivity contribution in [3.05, 3.63) is 42.5 Å². The van der Waals surface area contributed by atoms with Gasteiger partial charge in [-0.2, -0.15) is 0 Å². The molecule has 16 heteroatoms. The third kappa shape index (κ3) is 9.04. The quantitative estimate of drug-likeness (QED) is 0.218. The number of carbonyl (C=O) groups excluding carboxylic acids is 6. The minimum Gasteiger partial charge on any atom is -0.453 e. The van der Waals surface area contributed by atoms with Crippen molar-refractivity contribution in [3.8, 4) is 10.6 Å². The van der Waals surface area contributed by atoms with Crippen molar-refractivity contribution in [2.24, 2.45) is 11.8 Å². The maximum atomic E-state index is 13.4. The lowest BCUT2D eigenvalue weighted by Gasteiger charge is -2.30. The summed E-state index contributed by atoms with van der Waals surface area (Å²) in [6.45, 7) is 8.11. The molecule has 2 aliphatic rings. The first-order valence-electron chi connectivity index (χ1n) is 17.7. The number of hydrogen-bond acceptors (Lipinski definition) is 10. The molecule has 6 amide bonds. The van der Waals surface area contributed by atoms with Crippen molar-refractivity contribution >= 4 is 68.7 Å². The van der Waals surface area contributed by atoms with Gasteiger partial charge < -0.3 is 40.5 Å². The van der Waals surface area contributed by atoms with Gasteiger partial charge in [0.15, 0.2) is 0 Å². The zero-order valence-corrected chi connectivity index (χ0v) is 31.6. The Labute approximate surface area is 312 Å². The predicted octanol–water partition coefficient (Wildman–Crippen LogP) is 4.58. The first-order chi connectivity index (χ1) is 25.3. The molecule has 3 heterocycles. The van der Waals surface area contributed by atoms with E-state index < -0.39 is 36.4 Å². The number of nitrogens with one attached hydrogen (secondary N) is 4. The highest BCUT2D eigenvalue weighted by atomic mass is 32.1. The molecule has 2 saturated heterocycles. The largest absolute Gasteiger partial charge is 0.453 e. The Morgan fingerprint density at radius 3 is 1.66 bits per heavy atom. The summed E-state index contributed by atoms with van der Waals surface area (Å²) < 4.78 is 10.2. The molecule has 2 aliphatic heterocycles. The highest BCUT2D eigenvalue weighted by Gasteiger charge is 2.40. The van der Waals surface area contributed by atoms with E-state index in [1.165, 1.54) is 35.4 Å². The number of thiazole rings is 1. The molecule has 4 atom stereocenters. The zero-order chi connectivity index (χ0) is 38.4. The molecule has 0 aliphatic carbocycles. The lowest BCUT2D eigenvalue weighted by Crippen LogP contribution is -2.54. The van der Waals surface area contributed by atoms with Gasteiger partial charge in [-0.3, -0.25) is 19.2 Å². The molecule has 2 aromatic carbocycles. The van der Waals surface area contributed by atoms with E-state index in [0.717, 1.165) is 20.8 Å². The van der Waals surface area contributed by atoms with E-state index in [-0.39, 0.29) is 35.5 Å². The first-order valence-corrected chi connectivity index (χ1v) is 18.6. The normalized spacial score (nSPS) is 18.1. The minimum atomic E-state index is -0.817. The number of alkyl carbamates (subject to hydrolysis) is 2. The Morgan fingerprint density at radius 1 is 0.717 bits per heavy atom. The van der Waals surface area contributed by atoms with Crippen LogP contribution in [-0.2, 0) is 28.7 Å². The number of carbonyl (C=O) groups is 6. The highest BCUT2D eigenvalue weighted by Crippen LogP contribution is 2.33. The average Bonchev–Trinajstić information content (AvgIpc) is 3.92. The van der Waals surface area contributed by atoms with Crippen LogP contribution in [0.15, 0.2) is 42.5 Å². The standard InChI is InChI=1S/C37H47N7O8S/c1-20(2)29(41-36(49)51-5)34(47)43-17-7-9-26(43)31(45)38-23-13-11-22(12-14-23)33-40-25-16-15-24(19-28(25)53-33)39-32(46)27-10-8-18-44(27)35(48)30(21(3)4)42-37(50)52-6/h11-16,19-21,26-27,29-30H,7-10,17-18H2,1-6H3,(H,38,45)(H,39,46)(H,41,49)(H,42,50). The molecule has 284 valence electrons. The molecular weight excluding hydrogens is 703 g/mol. The summed E-state index contributed by atoms with van der Waals surface area (Å²) in [6.07, 6.45) is 0.950. The number of aromatic nitrogens is 1. The third-order valence-electron chi connectivity index (χ3n) is 9.52. The molecule has 15 nitrogen and oxygen atoms in total. The van der Waals surface area contributed by atoms with Crippen LogP contribution in [-0.4, -0.2) is 102 Å². The number of benzene rings is 2. The summed E-state index contributed by atoms with van der Waals surface area (Å²) in [5.74, 6) is -1.66. The van der Waals surface area contributed by atoms with Crippen LogP contribution < -0.4 is 21.3 Å². The number of amides is 6. The van der Waals surface area contributed by atoms with Crippen LogP contribution in [0.25, 0.3) is 20.8 Å². The number of rotatable bonds is 11. The van der Waals surface area contributed by atoms with Crippen LogP contribution >= 0.6 is 11.3 Å². The van der Waals surface area contributed by atoms with Gasteiger partial charge in [0.1, 0.15) is 29.2 Å². The van der Waals surface area contributed by atoms with Crippen molar-refractivity contribution in [2.45, 2.75) is 77.5 Å². The smallest absolute Gasteiger partial charge is 0.407 e. The summed E-state index contributed by atoms with van der Waals surface area (Å²) in [7, 11) is 2.47. The summed E-state index contributed by atoms with van der Waals surface area (Å²) in [6, 6.07) is 9.74. The molecule has 0 spiro atoms. The Balaban J connectivity index is 1.22. The zero-order valence-electron chi connectivity index (χ0n) is 30.8. The number of likely N-dealkylation sites (tertiary alicyclic amines) is 2. The summed E-state index contributed by atoms with van der Waals surface area (Å²) in [5.41, 5.74) is 2.72. The van der Waals surface area contributed by atoms with Gasteiger partial charge in [-0.1, -0.05) is 27.7 Å². The fourth-order valence-electron chi connectivity index (χ4n) is 6.64. The van der Waals surface area contributed by atoms with Crippen molar-refractivity contribution in [3.63, 3.8) is 0 Å². The van der Waals surface area contributed by atoms with E-state index >= 15 is 0 Å². The Bertz CT molecular complexity index is 1850. The maximum Gasteiger partial charge on any atom is 0.407 e. The van der Waals surface area contributed by atoms with E-state index in [1.54, 1.807) is 18.2 Å². The monoisotopic (exact) mass is 749 g/mol. The van der Waals surface area contributed by atoms with Crippen LogP contribution in [0.2, 0.25) is 0 Å². The second-order valence-electron chi connectivity index (χ2n) is 13.9. The molecule has 0 saturated carbocycles. The van der Waals surface area contributed by atoms with Crippen LogP contribution in [0.3, 0.4) is 0 Å². The van der Waals surface area contributed by atoms with Crippen molar-refractivity contribution < 1.29 is 38.2 Å². The van der Waals surface area contributed by atoms with Crippen LogP contribution in [0, 0.1) is 11.8 Å². The van der Waals surface area contributed by atoms with Gasteiger partial charge in [0, 0.05) is 30.0 Å². The number of nitrogens with zero attached hydrogens (tertiary/aromatic N) is 3. The lowest BCUT2D eigenvalue weighted by atomic mass is 10.0. The van der Waals surface area contributed by atoms with Crippen molar-refractivity contribution in [1.82, 2.24) is 25.4 Å². The fraction of sp³-hybridized carbons (Fsp3) is 0.486. The highest BCUT2D eigenvalue weighted by molar-refractivity contribution is 7.21. The minimum absolute atomic E-state index is 0.201. The van der Waals surface area contributed by atoms with Crippen LogP contribution in [0.5, 0.6) is 0 Å². The Hall–Kier alpha value is -5.25. The molecule has 4 unspecified atom stereocenters. The summed E-state index contributed by atoms with van der Waals surface area (Å²) >= 11 is 1.45. The first kappa shape index (κ1) is 39.0. The van der Waals surface area contributed by atoms with Crippen molar-refractivity contribution in [2.75, 3.05) is 37.9 Å².